The second-order valence-electron chi connectivity index (χ2n) is 4.38. The minimum Gasteiger partial charge on any atom is -0.337 e. The fourth-order valence-corrected chi connectivity index (χ4v) is 2.68. The second-order valence-corrected chi connectivity index (χ2v) is 5.23. The molecule has 0 spiro atoms. The number of halogens is 1. The Labute approximate surface area is 110 Å². The summed E-state index contributed by atoms with van der Waals surface area (Å²) < 4.78 is 0.889. The number of carbonyl (C=O) groups is 1. The molecule has 92 valence electrons. The lowest BCUT2D eigenvalue weighted by Gasteiger charge is -2.20. The van der Waals surface area contributed by atoms with Crippen LogP contribution in [0.15, 0.2) is 22.7 Å². The van der Waals surface area contributed by atoms with Crippen LogP contribution in [0.3, 0.4) is 0 Å². The van der Waals surface area contributed by atoms with E-state index in [-0.39, 0.29) is 5.91 Å². The van der Waals surface area contributed by atoms with Gasteiger partial charge in [-0.2, -0.15) is 0 Å². The average molecular weight is 297 g/mol. The highest BCUT2D eigenvalue weighted by Gasteiger charge is 2.18. The Balaban J connectivity index is 2.17. The number of hydrogen-bond acceptors (Lipinski definition) is 2. The van der Waals surface area contributed by atoms with Crippen LogP contribution in [0.4, 0.5) is 0 Å². The Kier molecular flexibility index (Phi) is 4.18. The van der Waals surface area contributed by atoms with E-state index in [0.717, 1.165) is 48.2 Å². The third-order valence-electron chi connectivity index (χ3n) is 2.98. The molecule has 3 nitrogen and oxygen atoms in total. The maximum atomic E-state index is 12.4. The third-order valence-corrected chi connectivity index (χ3v) is 3.64. The van der Waals surface area contributed by atoms with Gasteiger partial charge in [-0.15, -0.1) is 0 Å². The molecule has 1 aromatic rings. The zero-order valence-corrected chi connectivity index (χ0v) is 11.6. The highest BCUT2D eigenvalue weighted by molar-refractivity contribution is 9.10. The van der Waals surface area contributed by atoms with Crippen molar-refractivity contribution in [2.24, 2.45) is 0 Å². The fourth-order valence-electron chi connectivity index (χ4n) is 2.01. The zero-order chi connectivity index (χ0) is 12.3. The van der Waals surface area contributed by atoms with Crippen molar-refractivity contribution in [2.45, 2.75) is 13.3 Å². The van der Waals surface area contributed by atoms with Crippen molar-refractivity contribution in [2.75, 3.05) is 26.2 Å². The van der Waals surface area contributed by atoms with Gasteiger partial charge < -0.3 is 10.2 Å². The van der Waals surface area contributed by atoms with Gasteiger partial charge in [-0.25, -0.2) is 0 Å². The van der Waals surface area contributed by atoms with Gasteiger partial charge in [0.05, 0.1) is 5.56 Å². The Morgan fingerprint density at radius 1 is 1.35 bits per heavy atom. The van der Waals surface area contributed by atoms with E-state index in [1.807, 2.05) is 30.0 Å². The molecule has 0 radical (unpaired) electrons. The van der Waals surface area contributed by atoms with Crippen molar-refractivity contribution < 1.29 is 4.79 Å². The number of amides is 1. The minimum atomic E-state index is 0.126. The molecule has 1 aromatic carbocycles. The first-order valence-electron chi connectivity index (χ1n) is 5.94. The van der Waals surface area contributed by atoms with Crippen LogP contribution in [-0.2, 0) is 0 Å². The lowest BCUT2D eigenvalue weighted by Crippen LogP contribution is -2.34. The molecular weight excluding hydrogens is 280 g/mol. The van der Waals surface area contributed by atoms with Gasteiger partial charge in [0.1, 0.15) is 0 Å². The maximum absolute atomic E-state index is 12.4. The molecule has 1 saturated heterocycles. The summed E-state index contributed by atoms with van der Waals surface area (Å²) in [6, 6.07) is 5.87. The summed E-state index contributed by atoms with van der Waals surface area (Å²) in [6.07, 6.45) is 1.02. The van der Waals surface area contributed by atoms with Crippen molar-refractivity contribution >= 4 is 21.8 Å². The van der Waals surface area contributed by atoms with Crippen LogP contribution in [0.25, 0.3) is 0 Å². The lowest BCUT2D eigenvalue weighted by atomic mass is 10.1. The summed E-state index contributed by atoms with van der Waals surface area (Å²) in [6.45, 7) is 5.54. The third kappa shape index (κ3) is 3.07. The van der Waals surface area contributed by atoms with Crippen LogP contribution in [0.1, 0.15) is 22.3 Å². The molecule has 0 bridgehead atoms. The smallest absolute Gasteiger partial charge is 0.255 e. The topological polar surface area (TPSA) is 32.3 Å². The first-order valence-corrected chi connectivity index (χ1v) is 6.74. The van der Waals surface area contributed by atoms with E-state index in [2.05, 4.69) is 21.2 Å². The van der Waals surface area contributed by atoms with Crippen LogP contribution in [0, 0.1) is 6.92 Å². The number of carbonyl (C=O) groups excluding carboxylic acids is 1. The van der Waals surface area contributed by atoms with Crippen molar-refractivity contribution in [3.8, 4) is 0 Å². The molecule has 17 heavy (non-hydrogen) atoms. The van der Waals surface area contributed by atoms with E-state index < -0.39 is 0 Å². The average Bonchev–Trinajstić information content (AvgIpc) is 2.56. The van der Waals surface area contributed by atoms with Gasteiger partial charge in [-0.3, -0.25) is 4.79 Å². The second kappa shape index (κ2) is 5.65. The first-order chi connectivity index (χ1) is 8.18. The molecule has 0 unspecified atom stereocenters. The SMILES string of the molecule is Cc1ccc(C(=O)N2CCCNCC2)c(Br)c1. The Bertz CT molecular complexity index is 412. The molecule has 1 N–H and O–H groups in total. The quantitative estimate of drug-likeness (QED) is 0.862. The van der Waals surface area contributed by atoms with Crippen molar-refractivity contribution in [1.29, 1.82) is 0 Å². The standard InChI is InChI=1S/C13H17BrN2O/c1-10-3-4-11(12(14)9-10)13(17)16-7-2-5-15-6-8-16/h3-4,9,15H,2,5-8H2,1H3. The summed E-state index contributed by atoms with van der Waals surface area (Å²) in [4.78, 5) is 14.3. The van der Waals surface area contributed by atoms with Gasteiger partial charge in [-0.05, 0) is 53.5 Å². The normalized spacial score (nSPS) is 16.7. The highest BCUT2D eigenvalue weighted by atomic mass is 79.9. The number of aryl methyl sites for hydroxylation is 1. The van der Waals surface area contributed by atoms with Gasteiger partial charge in [0.15, 0.2) is 0 Å². The largest absolute Gasteiger partial charge is 0.337 e. The molecule has 0 aromatic heterocycles. The van der Waals surface area contributed by atoms with E-state index in [0.29, 0.717) is 0 Å². The molecule has 4 heteroatoms. The van der Waals surface area contributed by atoms with Crippen LogP contribution in [0.2, 0.25) is 0 Å². The van der Waals surface area contributed by atoms with Gasteiger partial charge >= 0.3 is 0 Å². The van der Waals surface area contributed by atoms with Gasteiger partial charge in [-0.1, -0.05) is 6.07 Å². The molecule has 1 amide bonds. The van der Waals surface area contributed by atoms with Gasteiger partial charge in [0.25, 0.3) is 5.91 Å². The van der Waals surface area contributed by atoms with Crippen molar-refractivity contribution in [1.82, 2.24) is 10.2 Å². The van der Waals surface area contributed by atoms with Crippen LogP contribution < -0.4 is 5.32 Å². The molecule has 2 rings (SSSR count). The fraction of sp³-hybridized carbons (Fsp3) is 0.462. The summed E-state index contributed by atoms with van der Waals surface area (Å²) in [5.74, 6) is 0.126. The van der Waals surface area contributed by atoms with Crippen LogP contribution in [0.5, 0.6) is 0 Å². The molecule has 1 aliphatic heterocycles. The van der Waals surface area contributed by atoms with Crippen LogP contribution >= 0.6 is 15.9 Å². The molecule has 1 aliphatic rings. The molecular formula is C13H17BrN2O. The number of rotatable bonds is 1. The molecule has 0 atom stereocenters. The number of hydrogen-bond donors (Lipinski definition) is 1. The number of benzene rings is 1. The lowest BCUT2D eigenvalue weighted by molar-refractivity contribution is 0.0765. The predicted molar refractivity (Wildman–Crippen MR) is 72.3 cm³/mol. The van der Waals surface area contributed by atoms with E-state index >= 15 is 0 Å². The van der Waals surface area contributed by atoms with E-state index in [4.69, 9.17) is 0 Å². The molecule has 0 saturated carbocycles. The first kappa shape index (κ1) is 12.6. The predicted octanol–water partition coefficient (Wildman–Crippen LogP) is 2.19. The monoisotopic (exact) mass is 296 g/mol. The van der Waals surface area contributed by atoms with E-state index in [1.165, 1.54) is 0 Å². The molecule has 1 heterocycles. The zero-order valence-electron chi connectivity index (χ0n) is 10.0. The van der Waals surface area contributed by atoms with E-state index in [1.54, 1.807) is 0 Å². The number of nitrogens with one attached hydrogen (secondary N) is 1. The van der Waals surface area contributed by atoms with Crippen molar-refractivity contribution in [3.05, 3.63) is 33.8 Å². The summed E-state index contributed by atoms with van der Waals surface area (Å²) in [7, 11) is 0. The van der Waals surface area contributed by atoms with Crippen LogP contribution in [-0.4, -0.2) is 37.0 Å². The van der Waals surface area contributed by atoms with Gasteiger partial charge in [0, 0.05) is 24.1 Å². The summed E-state index contributed by atoms with van der Waals surface area (Å²) >= 11 is 3.47. The summed E-state index contributed by atoms with van der Waals surface area (Å²) in [5.41, 5.74) is 1.92. The molecule has 1 fully saturated rings. The van der Waals surface area contributed by atoms with Gasteiger partial charge in [0.2, 0.25) is 0 Å². The van der Waals surface area contributed by atoms with E-state index in [9.17, 15) is 4.79 Å². The summed E-state index contributed by atoms with van der Waals surface area (Å²) in [5, 5.41) is 3.30. The number of nitrogens with zero attached hydrogens (tertiary/aromatic N) is 1. The Morgan fingerprint density at radius 2 is 2.18 bits per heavy atom. The Morgan fingerprint density at radius 3 is 2.94 bits per heavy atom. The highest BCUT2D eigenvalue weighted by Crippen LogP contribution is 2.20. The molecule has 0 aliphatic carbocycles. The maximum Gasteiger partial charge on any atom is 0.255 e. The minimum absolute atomic E-state index is 0.126. The Hall–Kier alpha value is -0.870. The van der Waals surface area contributed by atoms with Crippen molar-refractivity contribution in [3.63, 3.8) is 0 Å².